The Labute approximate surface area is 107 Å². The normalized spacial score (nSPS) is 11.9. The summed E-state index contributed by atoms with van der Waals surface area (Å²) in [7, 11) is 3.10. The van der Waals surface area contributed by atoms with Gasteiger partial charge < -0.3 is 20.5 Å². The Kier molecular flexibility index (Phi) is 6.18. The highest BCUT2D eigenvalue weighted by Crippen LogP contribution is 2.11. The number of benzene rings is 1. The molecule has 0 aromatic heterocycles. The van der Waals surface area contributed by atoms with Gasteiger partial charge in [0.2, 0.25) is 5.91 Å². The van der Waals surface area contributed by atoms with Gasteiger partial charge in [-0.25, -0.2) is 0 Å². The van der Waals surface area contributed by atoms with Crippen LogP contribution in [0.1, 0.15) is 5.56 Å². The number of hydrogen-bond acceptors (Lipinski definition) is 4. The van der Waals surface area contributed by atoms with E-state index in [0.717, 1.165) is 17.7 Å². The summed E-state index contributed by atoms with van der Waals surface area (Å²) in [6.45, 7) is 0.746. The monoisotopic (exact) mass is 252 g/mol. The second kappa shape index (κ2) is 7.68. The van der Waals surface area contributed by atoms with E-state index in [1.807, 2.05) is 24.3 Å². The average molecular weight is 252 g/mol. The highest BCUT2D eigenvalue weighted by atomic mass is 16.5. The first-order valence-corrected chi connectivity index (χ1v) is 5.84. The number of carbonyl (C=O) groups is 1. The van der Waals surface area contributed by atoms with Gasteiger partial charge in [-0.1, -0.05) is 12.1 Å². The first-order chi connectivity index (χ1) is 8.71. The van der Waals surface area contributed by atoms with E-state index in [1.54, 1.807) is 7.11 Å². The van der Waals surface area contributed by atoms with Crippen LogP contribution in [0.3, 0.4) is 0 Å². The molecule has 1 rings (SSSR count). The van der Waals surface area contributed by atoms with Crippen LogP contribution in [0.25, 0.3) is 0 Å². The summed E-state index contributed by atoms with van der Waals surface area (Å²) in [5, 5.41) is 2.79. The Hall–Kier alpha value is -1.59. The molecule has 0 radical (unpaired) electrons. The molecule has 0 saturated heterocycles. The second-order valence-corrected chi connectivity index (χ2v) is 3.85. The van der Waals surface area contributed by atoms with Crippen LogP contribution in [-0.4, -0.2) is 39.3 Å². The standard InChI is InChI=1S/C13H20N2O3/c1-17-11-5-3-10(4-6-11)7-8-15-13(16)12(9-14)18-2/h3-6,12H,7-9,14H2,1-2H3,(H,15,16). The van der Waals surface area contributed by atoms with Crippen LogP contribution in [0.4, 0.5) is 0 Å². The summed E-state index contributed by atoms with van der Waals surface area (Å²) in [5.74, 6) is 0.652. The number of methoxy groups -OCH3 is 2. The van der Waals surface area contributed by atoms with Crippen LogP contribution >= 0.6 is 0 Å². The van der Waals surface area contributed by atoms with Crippen LogP contribution in [-0.2, 0) is 16.0 Å². The van der Waals surface area contributed by atoms with Gasteiger partial charge in [0.25, 0.3) is 0 Å². The fraction of sp³-hybridized carbons (Fsp3) is 0.462. The van der Waals surface area contributed by atoms with Crippen LogP contribution in [0.15, 0.2) is 24.3 Å². The molecule has 18 heavy (non-hydrogen) atoms. The van der Waals surface area contributed by atoms with Gasteiger partial charge in [0.1, 0.15) is 11.9 Å². The number of carbonyl (C=O) groups excluding carboxylic acids is 1. The molecule has 100 valence electrons. The summed E-state index contributed by atoms with van der Waals surface area (Å²) in [5.41, 5.74) is 6.54. The quantitative estimate of drug-likeness (QED) is 0.733. The molecule has 1 amide bonds. The Morgan fingerprint density at radius 3 is 2.50 bits per heavy atom. The molecule has 5 nitrogen and oxygen atoms in total. The maximum Gasteiger partial charge on any atom is 0.250 e. The number of nitrogens with one attached hydrogen (secondary N) is 1. The fourth-order valence-corrected chi connectivity index (χ4v) is 1.55. The number of amides is 1. The summed E-state index contributed by atoms with van der Waals surface area (Å²) in [6, 6.07) is 7.74. The average Bonchev–Trinajstić information content (AvgIpc) is 2.41. The minimum absolute atomic E-state index is 0.173. The molecule has 1 aromatic carbocycles. The number of nitrogens with two attached hydrogens (primary N) is 1. The van der Waals surface area contributed by atoms with E-state index in [4.69, 9.17) is 15.2 Å². The summed E-state index contributed by atoms with van der Waals surface area (Å²) in [4.78, 5) is 11.6. The lowest BCUT2D eigenvalue weighted by atomic mass is 10.1. The van der Waals surface area contributed by atoms with Crippen molar-refractivity contribution >= 4 is 5.91 Å². The second-order valence-electron chi connectivity index (χ2n) is 3.85. The van der Waals surface area contributed by atoms with Crippen molar-refractivity contribution in [1.29, 1.82) is 0 Å². The van der Waals surface area contributed by atoms with E-state index in [9.17, 15) is 4.79 Å². The van der Waals surface area contributed by atoms with Crippen molar-refractivity contribution < 1.29 is 14.3 Å². The van der Waals surface area contributed by atoms with Crippen molar-refractivity contribution in [3.05, 3.63) is 29.8 Å². The maximum absolute atomic E-state index is 11.6. The molecule has 0 aliphatic rings. The van der Waals surface area contributed by atoms with Crippen molar-refractivity contribution in [2.75, 3.05) is 27.3 Å². The molecule has 0 spiro atoms. The summed E-state index contributed by atoms with van der Waals surface area (Å²) >= 11 is 0. The first-order valence-electron chi connectivity index (χ1n) is 5.84. The van der Waals surface area contributed by atoms with E-state index in [1.165, 1.54) is 7.11 Å². The zero-order valence-electron chi connectivity index (χ0n) is 10.8. The zero-order valence-corrected chi connectivity index (χ0v) is 10.8. The van der Waals surface area contributed by atoms with Crippen molar-refractivity contribution in [1.82, 2.24) is 5.32 Å². The third kappa shape index (κ3) is 4.35. The van der Waals surface area contributed by atoms with Crippen LogP contribution in [0, 0.1) is 0 Å². The van der Waals surface area contributed by atoms with E-state index in [-0.39, 0.29) is 12.5 Å². The largest absolute Gasteiger partial charge is 0.497 e. The Morgan fingerprint density at radius 2 is 2.00 bits per heavy atom. The lowest BCUT2D eigenvalue weighted by Gasteiger charge is -2.12. The number of ether oxygens (including phenoxy) is 2. The van der Waals surface area contributed by atoms with E-state index >= 15 is 0 Å². The molecular formula is C13H20N2O3. The molecule has 1 unspecified atom stereocenters. The Balaban J connectivity index is 2.34. The molecular weight excluding hydrogens is 232 g/mol. The Morgan fingerprint density at radius 1 is 1.33 bits per heavy atom. The van der Waals surface area contributed by atoms with Gasteiger partial charge in [0, 0.05) is 20.2 Å². The summed E-state index contributed by atoms with van der Waals surface area (Å²) < 4.78 is 10.0. The van der Waals surface area contributed by atoms with Gasteiger partial charge in [-0.15, -0.1) is 0 Å². The van der Waals surface area contributed by atoms with Crippen molar-refractivity contribution in [2.24, 2.45) is 5.73 Å². The lowest BCUT2D eigenvalue weighted by Crippen LogP contribution is -2.41. The van der Waals surface area contributed by atoms with Gasteiger partial charge in [0.15, 0.2) is 0 Å². The van der Waals surface area contributed by atoms with Gasteiger partial charge in [-0.2, -0.15) is 0 Å². The van der Waals surface area contributed by atoms with E-state index in [2.05, 4.69) is 5.32 Å². The van der Waals surface area contributed by atoms with Crippen LogP contribution in [0.5, 0.6) is 5.75 Å². The van der Waals surface area contributed by atoms with Crippen LogP contribution < -0.4 is 15.8 Å². The number of rotatable bonds is 7. The third-order valence-electron chi connectivity index (χ3n) is 2.66. The van der Waals surface area contributed by atoms with Gasteiger partial charge in [-0.3, -0.25) is 4.79 Å². The molecule has 0 aliphatic carbocycles. The third-order valence-corrected chi connectivity index (χ3v) is 2.66. The molecule has 0 aliphatic heterocycles. The maximum atomic E-state index is 11.6. The van der Waals surface area contributed by atoms with Crippen molar-refractivity contribution in [2.45, 2.75) is 12.5 Å². The fourth-order valence-electron chi connectivity index (χ4n) is 1.55. The minimum Gasteiger partial charge on any atom is -0.497 e. The molecule has 0 saturated carbocycles. The highest BCUT2D eigenvalue weighted by Gasteiger charge is 2.14. The topological polar surface area (TPSA) is 73.6 Å². The Bertz CT molecular complexity index is 361. The SMILES string of the molecule is COc1ccc(CCNC(=O)C(CN)OC)cc1. The highest BCUT2D eigenvalue weighted by molar-refractivity contribution is 5.80. The number of hydrogen-bond donors (Lipinski definition) is 2. The van der Waals surface area contributed by atoms with Gasteiger partial charge >= 0.3 is 0 Å². The van der Waals surface area contributed by atoms with Crippen LogP contribution in [0.2, 0.25) is 0 Å². The lowest BCUT2D eigenvalue weighted by molar-refractivity contribution is -0.130. The predicted octanol–water partition coefficient (Wildman–Crippen LogP) is 0.328. The predicted molar refractivity (Wildman–Crippen MR) is 69.6 cm³/mol. The van der Waals surface area contributed by atoms with E-state index < -0.39 is 6.10 Å². The molecule has 1 atom stereocenters. The van der Waals surface area contributed by atoms with Gasteiger partial charge in [0.05, 0.1) is 7.11 Å². The molecule has 0 bridgehead atoms. The molecule has 0 heterocycles. The van der Waals surface area contributed by atoms with Crippen molar-refractivity contribution in [3.63, 3.8) is 0 Å². The minimum atomic E-state index is -0.569. The molecule has 5 heteroatoms. The zero-order chi connectivity index (χ0) is 13.4. The summed E-state index contributed by atoms with van der Waals surface area (Å²) in [6.07, 6.45) is 0.192. The van der Waals surface area contributed by atoms with Gasteiger partial charge in [-0.05, 0) is 24.1 Å². The smallest absolute Gasteiger partial charge is 0.250 e. The molecule has 0 fully saturated rings. The molecule has 3 N–H and O–H groups in total. The van der Waals surface area contributed by atoms with E-state index in [0.29, 0.717) is 6.54 Å². The van der Waals surface area contributed by atoms with Crippen molar-refractivity contribution in [3.8, 4) is 5.75 Å². The molecule has 1 aromatic rings. The first kappa shape index (κ1) is 14.5.